The van der Waals surface area contributed by atoms with Gasteiger partial charge in [0.1, 0.15) is 5.75 Å². The van der Waals surface area contributed by atoms with E-state index in [0.29, 0.717) is 28.6 Å². The van der Waals surface area contributed by atoms with Crippen LogP contribution in [-0.4, -0.2) is 24.6 Å². The third-order valence-electron chi connectivity index (χ3n) is 5.20. The second-order valence-electron chi connectivity index (χ2n) is 6.98. The fourth-order valence-corrected chi connectivity index (χ4v) is 4.23. The van der Waals surface area contributed by atoms with Crippen molar-refractivity contribution in [3.05, 3.63) is 28.8 Å². The molecule has 2 bridgehead atoms. The van der Waals surface area contributed by atoms with Crippen LogP contribution in [0.5, 0.6) is 5.75 Å². The first kappa shape index (κ1) is 19.4. The molecule has 2 atom stereocenters. The van der Waals surface area contributed by atoms with E-state index in [1.165, 1.54) is 19.3 Å². The summed E-state index contributed by atoms with van der Waals surface area (Å²) in [7, 11) is 0. The Morgan fingerprint density at radius 1 is 1.33 bits per heavy atom. The van der Waals surface area contributed by atoms with Gasteiger partial charge >= 0.3 is 0 Å². The molecule has 2 saturated carbocycles. The highest BCUT2D eigenvalue weighted by molar-refractivity contribution is 6.31. The van der Waals surface area contributed by atoms with Crippen LogP contribution >= 0.6 is 24.0 Å². The maximum atomic E-state index is 12.3. The molecular formula is C18H26Cl2N2O2. The average molecular weight is 373 g/mol. The van der Waals surface area contributed by atoms with Crippen LogP contribution in [0, 0.1) is 18.8 Å². The molecule has 0 saturated heterocycles. The molecule has 0 aromatic heterocycles. The highest BCUT2D eigenvalue weighted by atomic mass is 35.5. The molecule has 0 heterocycles. The summed E-state index contributed by atoms with van der Waals surface area (Å²) in [6.07, 6.45) is 5.66. The Labute approximate surface area is 154 Å². The van der Waals surface area contributed by atoms with Crippen molar-refractivity contribution < 1.29 is 9.53 Å². The van der Waals surface area contributed by atoms with Gasteiger partial charge in [0.2, 0.25) is 0 Å². The molecule has 2 aliphatic rings. The van der Waals surface area contributed by atoms with Crippen LogP contribution in [-0.2, 0) is 4.79 Å². The van der Waals surface area contributed by atoms with Gasteiger partial charge in [-0.05, 0) is 68.2 Å². The van der Waals surface area contributed by atoms with Crippen LogP contribution in [0.3, 0.4) is 0 Å². The van der Waals surface area contributed by atoms with Crippen LogP contribution in [0.1, 0.15) is 37.7 Å². The number of carbonyl (C=O) groups excluding carboxylic acids is 1. The second-order valence-corrected chi connectivity index (χ2v) is 7.38. The number of amides is 1. The topological polar surface area (TPSA) is 64.3 Å². The van der Waals surface area contributed by atoms with Gasteiger partial charge in [-0.3, -0.25) is 4.79 Å². The Kier molecular flexibility index (Phi) is 6.79. The Morgan fingerprint density at radius 3 is 2.62 bits per heavy atom. The quantitative estimate of drug-likeness (QED) is 0.850. The second kappa shape index (κ2) is 8.41. The Morgan fingerprint density at radius 2 is 2.00 bits per heavy atom. The van der Waals surface area contributed by atoms with Gasteiger partial charge in [0.05, 0.1) is 0 Å². The van der Waals surface area contributed by atoms with Crippen molar-refractivity contribution in [3.63, 3.8) is 0 Å². The Bertz CT molecular complexity index is 568. The van der Waals surface area contributed by atoms with Crippen molar-refractivity contribution >= 4 is 29.9 Å². The lowest BCUT2D eigenvalue weighted by atomic mass is 9.67. The summed E-state index contributed by atoms with van der Waals surface area (Å²) in [5.41, 5.74) is 7.08. The van der Waals surface area contributed by atoms with Gasteiger partial charge in [-0.1, -0.05) is 18.0 Å². The molecule has 3 N–H and O–H groups in total. The van der Waals surface area contributed by atoms with Crippen LogP contribution in [0.15, 0.2) is 18.2 Å². The maximum absolute atomic E-state index is 12.3. The van der Waals surface area contributed by atoms with Crippen molar-refractivity contribution in [1.29, 1.82) is 0 Å². The van der Waals surface area contributed by atoms with Gasteiger partial charge in [0.25, 0.3) is 5.91 Å². The van der Waals surface area contributed by atoms with E-state index < -0.39 is 0 Å². The maximum Gasteiger partial charge on any atom is 0.258 e. The van der Waals surface area contributed by atoms with Crippen molar-refractivity contribution in [3.8, 4) is 5.75 Å². The summed E-state index contributed by atoms with van der Waals surface area (Å²) in [5, 5.41) is 3.89. The summed E-state index contributed by atoms with van der Waals surface area (Å²) in [4.78, 5) is 12.3. The summed E-state index contributed by atoms with van der Waals surface area (Å²) < 4.78 is 5.59. The predicted molar refractivity (Wildman–Crippen MR) is 98.9 cm³/mol. The number of halogens is 2. The van der Waals surface area contributed by atoms with Gasteiger partial charge in [-0.2, -0.15) is 0 Å². The van der Waals surface area contributed by atoms with E-state index in [0.717, 1.165) is 18.4 Å². The van der Waals surface area contributed by atoms with E-state index in [9.17, 15) is 4.79 Å². The van der Waals surface area contributed by atoms with E-state index in [-0.39, 0.29) is 31.0 Å². The van der Waals surface area contributed by atoms with Crippen LogP contribution in [0.25, 0.3) is 0 Å². The zero-order chi connectivity index (χ0) is 16.4. The molecule has 1 amide bonds. The summed E-state index contributed by atoms with van der Waals surface area (Å²) in [5.74, 6) is 1.68. The van der Waals surface area contributed by atoms with Crippen molar-refractivity contribution in [2.24, 2.45) is 17.6 Å². The van der Waals surface area contributed by atoms with Crippen LogP contribution in [0.2, 0.25) is 5.02 Å². The Balaban J connectivity index is 0.00000208. The fourth-order valence-electron chi connectivity index (χ4n) is 4.11. The largest absolute Gasteiger partial charge is 0.484 e. The average Bonchev–Trinajstić information content (AvgIpc) is 2.49. The number of rotatable bonds is 4. The summed E-state index contributed by atoms with van der Waals surface area (Å²) >= 11 is 5.99. The number of carbonyl (C=O) groups is 1. The number of ether oxygens (including phenoxy) is 1. The predicted octanol–water partition coefficient (Wildman–Crippen LogP) is 3.47. The number of aryl methyl sites for hydroxylation is 1. The molecule has 2 aliphatic carbocycles. The lowest BCUT2D eigenvalue weighted by molar-refractivity contribution is -0.125. The lowest BCUT2D eigenvalue weighted by Gasteiger charge is -2.45. The minimum Gasteiger partial charge on any atom is -0.484 e. The van der Waals surface area contributed by atoms with Gasteiger partial charge in [0.15, 0.2) is 6.61 Å². The molecule has 4 nitrogen and oxygen atoms in total. The molecule has 1 aromatic carbocycles. The molecule has 2 fully saturated rings. The Hall–Kier alpha value is -0.970. The highest BCUT2D eigenvalue weighted by Gasteiger charge is 2.39. The zero-order valence-electron chi connectivity index (χ0n) is 14.0. The summed E-state index contributed by atoms with van der Waals surface area (Å²) in [6.45, 7) is 1.96. The molecule has 24 heavy (non-hydrogen) atoms. The van der Waals surface area contributed by atoms with Crippen molar-refractivity contribution in [2.45, 2.75) is 51.1 Å². The first-order chi connectivity index (χ1) is 11.0. The summed E-state index contributed by atoms with van der Waals surface area (Å²) in [6, 6.07) is 6.00. The smallest absolute Gasteiger partial charge is 0.258 e. The molecule has 134 valence electrons. The third-order valence-corrected chi connectivity index (χ3v) is 5.63. The molecule has 0 aliphatic heterocycles. The number of hydrogen-bond acceptors (Lipinski definition) is 3. The van der Waals surface area contributed by atoms with Crippen LogP contribution in [0.4, 0.5) is 0 Å². The first-order valence-corrected chi connectivity index (χ1v) is 8.84. The number of nitrogens with two attached hydrogens (primary N) is 1. The van der Waals surface area contributed by atoms with Gasteiger partial charge < -0.3 is 15.8 Å². The SMILES string of the molecule is Cc1cc(OCC(=O)NC2C3CCCC2CC(N)C3)ccc1Cl.Cl. The highest BCUT2D eigenvalue weighted by Crippen LogP contribution is 2.39. The van der Waals surface area contributed by atoms with E-state index in [2.05, 4.69) is 5.32 Å². The fraction of sp³-hybridized carbons (Fsp3) is 0.611. The minimum absolute atomic E-state index is 0. The molecule has 0 radical (unpaired) electrons. The molecule has 3 rings (SSSR count). The van der Waals surface area contributed by atoms with Crippen molar-refractivity contribution in [1.82, 2.24) is 5.32 Å². The van der Waals surface area contributed by atoms with E-state index in [4.69, 9.17) is 22.1 Å². The molecule has 6 heteroatoms. The molecule has 2 unspecified atom stereocenters. The standard InChI is InChI=1S/C18H25ClN2O2.ClH/c1-11-7-15(5-6-16(11)19)23-10-17(22)21-18-12-3-2-4-13(18)9-14(20)8-12;/h5-7,12-14,18H,2-4,8-10,20H2,1H3,(H,21,22);1H. The van der Waals surface area contributed by atoms with E-state index >= 15 is 0 Å². The zero-order valence-corrected chi connectivity index (χ0v) is 15.5. The third kappa shape index (κ3) is 4.56. The number of hydrogen-bond donors (Lipinski definition) is 2. The molecule has 0 spiro atoms. The van der Waals surface area contributed by atoms with Gasteiger partial charge in [0, 0.05) is 17.1 Å². The first-order valence-electron chi connectivity index (χ1n) is 8.47. The lowest BCUT2D eigenvalue weighted by Crippen LogP contribution is -2.54. The van der Waals surface area contributed by atoms with E-state index in [1.54, 1.807) is 12.1 Å². The minimum atomic E-state index is -0.0463. The number of fused-ring (bicyclic) bond motifs is 2. The van der Waals surface area contributed by atoms with Crippen molar-refractivity contribution in [2.75, 3.05) is 6.61 Å². The molecule has 1 aromatic rings. The van der Waals surface area contributed by atoms with Gasteiger partial charge in [-0.15, -0.1) is 12.4 Å². The van der Waals surface area contributed by atoms with E-state index in [1.807, 2.05) is 13.0 Å². The normalized spacial score (nSPS) is 28.6. The van der Waals surface area contributed by atoms with Gasteiger partial charge in [-0.25, -0.2) is 0 Å². The number of nitrogens with one attached hydrogen (secondary N) is 1. The monoisotopic (exact) mass is 372 g/mol. The van der Waals surface area contributed by atoms with Crippen LogP contribution < -0.4 is 15.8 Å². The molecular weight excluding hydrogens is 347 g/mol. The number of benzene rings is 1.